The van der Waals surface area contributed by atoms with E-state index in [-0.39, 0.29) is 18.3 Å². The lowest BCUT2D eigenvalue weighted by Crippen LogP contribution is -2.44. The summed E-state index contributed by atoms with van der Waals surface area (Å²) >= 11 is 0. The molecule has 1 aromatic carbocycles. The molecule has 0 aliphatic carbocycles. The van der Waals surface area contributed by atoms with E-state index >= 15 is 0 Å². The Morgan fingerprint density at radius 2 is 1.88 bits per heavy atom. The van der Waals surface area contributed by atoms with Crippen LogP contribution in [-0.2, 0) is 17.9 Å². The van der Waals surface area contributed by atoms with Crippen LogP contribution in [0.1, 0.15) is 37.8 Å². The lowest BCUT2D eigenvalue weighted by atomic mass is 9.81. The van der Waals surface area contributed by atoms with Crippen molar-refractivity contribution >= 4 is 18.3 Å². The molecular weight excluding hydrogens is 324 g/mol. The monoisotopic (exact) mass is 350 g/mol. The Balaban J connectivity index is 0.00000288. The van der Waals surface area contributed by atoms with Gasteiger partial charge in [0.1, 0.15) is 0 Å². The van der Waals surface area contributed by atoms with Gasteiger partial charge in [-0.05, 0) is 18.4 Å². The fraction of sp³-hybridized carbons (Fsp3) is 0.444. The number of nitrogens with two attached hydrogens (primary N) is 1. The summed E-state index contributed by atoms with van der Waals surface area (Å²) in [5.41, 5.74) is 7.55. The summed E-state index contributed by atoms with van der Waals surface area (Å²) < 4.78 is 1.88. The van der Waals surface area contributed by atoms with E-state index in [1.54, 1.807) is 6.20 Å². The zero-order valence-electron chi connectivity index (χ0n) is 14.4. The molecule has 1 aromatic heterocycles. The summed E-state index contributed by atoms with van der Waals surface area (Å²) in [7, 11) is 0. The van der Waals surface area contributed by atoms with Crippen LogP contribution >= 0.6 is 12.4 Å². The topological polar surface area (TPSA) is 72.9 Å². The van der Waals surface area contributed by atoms with E-state index in [0.717, 1.165) is 24.9 Å². The predicted molar refractivity (Wildman–Crippen MR) is 98.9 cm³/mol. The Morgan fingerprint density at radius 1 is 1.21 bits per heavy atom. The van der Waals surface area contributed by atoms with Crippen LogP contribution in [0.3, 0.4) is 0 Å². The van der Waals surface area contributed by atoms with Gasteiger partial charge in [-0.1, -0.05) is 44.2 Å². The van der Waals surface area contributed by atoms with Crippen molar-refractivity contribution in [3.63, 3.8) is 0 Å². The summed E-state index contributed by atoms with van der Waals surface area (Å²) in [5.74, 6) is 0.0285. The zero-order chi connectivity index (χ0) is 16.7. The van der Waals surface area contributed by atoms with Crippen molar-refractivity contribution in [1.29, 1.82) is 0 Å². The number of nitrogens with zero attached hydrogens (tertiary/aromatic N) is 2. The van der Waals surface area contributed by atoms with Gasteiger partial charge in [-0.25, -0.2) is 0 Å². The van der Waals surface area contributed by atoms with E-state index in [4.69, 9.17) is 5.73 Å². The van der Waals surface area contributed by atoms with Gasteiger partial charge in [-0.2, -0.15) is 5.10 Å². The largest absolute Gasteiger partial charge is 0.351 e. The SMILES string of the molecule is CCC(CC)(CN)C(=O)NCc1cnn(Cc2ccccc2)c1.Cl. The Hall–Kier alpha value is -1.85. The van der Waals surface area contributed by atoms with Gasteiger partial charge in [0, 0.05) is 24.8 Å². The molecule has 0 saturated heterocycles. The van der Waals surface area contributed by atoms with Gasteiger partial charge in [0.2, 0.25) is 5.91 Å². The van der Waals surface area contributed by atoms with E-state index in [1.807, 2.05) is 42.9 Å². The molecule has 0 saturated carbocycles. The second kappa shape index (κ2) is 9.45. The number of aromatic nitrogens is 2. The highest BCUT2D eigenvalue weighted by molar-refractivity contribution is 5.85. The van der Waals surface area contributed by atoms with E-state index in [2.05, 4.69) is 22.5 Å². The quantitative estimate of drug-likeness (QED) is 0.768. The van der Waals surface area contributed by atoms with Gasteiger partial charge < -0.3 is 11.1 Å². The van der Waals surface area contributed by atoms with Crippen LogP contribution in [-0.4, -0.2) is 22.2 Å². The summed E-state index contributed by atoms with van der Waals surface area (Å²) in [5, 5.41) is 7.35. The molecule has 0 radical (unpaired) electrons. The van der Waals surface area contributed by atoms with Crippen molar-refractivity contribution in [3.05, 3.63) is 53.9 Å². The molecule has 1 amide bonds. The van der Waals surface area contributed by atoms with Crippen LogP contribution in [0.25, 0.3) is 0 Å². The fourth-order valence-electron chi connectivity index (χ4n) is 2.68. The van der Waals surface area contributed by atoms with E-state index in [1.165, 1.54) is 5.56 Å². The first kappa shape index (κ1) is 20.2. The van der Waals surface area contributed by atoms with Gasteiger partial charge >= 0.3 is 0 Å². The maximum Gasteiger partial charge on any atom is 0.227 e. The van der Waals surface area contributed by atoms with E-state index < -0.39 is 5.41 Å². The van der Waals surface area contributed by atoms with Crippen molar-refractivity contribution in [2.45, 2.75) is 39.8 Å². The minimum absolute atomic E-state index is 0. The first-order valence-electron chi connectivity index (χ1n) is 8.17. The van der Waals surface area contributed by atoms with Gasteiger partial charge in [0.05, 0.1) is 18.2 Å². The Labute approximate surface area is 150 Å². The van der Waals surface area contributed by atoms with E-state index in [0.29, 0.717) is 13.1 Å². The summed E-state index contributed by atoms with van der Waals surface area (Å²) in [6.45, 7) is 5.60. The normalized spacial score (nSPS) is 11.0. The van der Waals surface area contributed by atoms with Crippen LogP contribution in [0.2, 0.25) is 0 Å². The first-order chi connectivity index (χ1) is 11.1. The highest BCUT2D eigenvalue weighted by atomic mass is 35.5. The van der Waals surface area contributed by atoms with Gasteiger partial charge in [0.15, 0.2) is 0 Å². The van der Waals surface area contributed by atoms with E-state index in [9.17, 15) is 4.79 Å². The maximum atomic E-state index is 12.4. The second-order valence-electron chi connectivity index (χ2n) is 5.91. The zero-order valence-corrected chi connectivity index (χ0v) is 15.2. The van der Waals surface area contributed by atoms with Crippen LogP contribution in [0.5, 0.6) is 0 Å². The molecule has 2 aromatic rings. The average molecular weight is 351 g/mol. The lowest BCUT2D eigenvalue weighted by molar-refractivity contribution is -0.131. The third-order valence-electron chi connectivity index (χ3n) is 4.55. The Morgan fingerprint density at radius 3 is 2.46 bits per heavy atom. The molecule has 0 bridgehead atoms. The van der Waals surface area contributed by atoms with Crippen LogP contribution < -0.4 is 11.1 Å². The molecule has 2 rings (SSSR count). The minimum atomic E-state index is -0.458. The highest BCUT2D eigenvalue weighted by Gasteiger charge is 2.32. The molecule has 0 unspecified atom stereocenters. The third kappa shape index (κ3) is 4.82. The molecule has 0 spiro atoms. The Kier molecular flexibility index (Phi) is 7.95. The first-order valence-corrected chi connectivity index (χ1v) is 8.17. The molecule has 0 atom stereocenters. The molecule has 132 valence electrons. The van der Waals surface area contributed by atoms with Gasteiger partial charge in [-0.15, -0.1) is 12.4 Å². The predicted octanol–water partition coefficient (Wildman–Crippen LogP) is 2.73. The molecule has 24 heavy (non-hydrogen) atoms. The Bertz CT molecular complexity index is 615. The van der Waals surface area contributed by atoms with Crippen LogP contribution in [0.15, 0.2) is 42.7 Å². The summed E-state index contributed by atoms with van der Waals surface area (Å²) in [4.78, 5) is 12.4. The molecule has 1 heterocycles. The van der Waals surface area contributed by atoms with Gasteiger partial charge in [0.25, 0.3) is 0 Å². The summed E-state index contributed by atoms with van der Waals surface area (Å²) in [6, 6.07) is 10.2. The standard InChI is InChI=1S/C18H26N4O.ClH/c1-3-18(4-2,14-19)17(23)20-10-16-11-21-22(13-16)12-15-8-6-5-7-9-15;/h5-9,11,13H,3-4,10,12,14,19H2,1-2H3,(H,20,23);1H. The van der Waals surface area contributed by atoms with Crippen LogP contribution in [0.4, 0.5) is 0 Å². The second-order valence-corrected chi connectivity index (χ2v) is 5.91. The number of rotatable bonds is 8. The smallest absolute Gasteiger partial charge is 0.227 e. The number of hydrogen-bond donors (Lipinski definition) is 2. The number of hydrogen-bond acceptors (Lipinski definition) is 3. The number of benzene rings is 1. The third-order valence-corrected chi connectivity index (χ3v) is 4.55. The van der Waals surface area contributed by atoms with Crippen molar-refractivity contribution in [2.24, 2.45) is 11.1 Å². The van der Waals surface area contributed by atoms with Crippen molar-refractivity contribution in [2.75, 3.05) is 6.54 Å². The lowest BCUT2D eigenvalue weighted by Gasteiger charge is -2.28. The number of nitrogens with one attached hydrogen (secondary N) is 1. The van der Waals surface area contributed by atoms with Crippen molar-refractivity contribution < 1.29 is 4.79 Å². The molecular formula is C18H27ClN4O. The molecule has 0 aliphatic rings. The van der Waals surface area contributed by atoms with Crippen LogP contribution in [0, 0.1) is 5.41 Å². The maximum absolute atomic E-state index is 12.4. The van der Waals surface area contributed by atoms with Crippen molar-refractivity contribution in [1.82, 2.24) is 15.1 Å². The molecule has 6 heteroatoms. The number of halogens is 1. The molecule has 0 aliphatic heterocycles. The summed E-state index contributed by atoms with van der Waals surface area (Å²) in [6.07, 6.45) is 5.26. The number of amides is 1. The molecule has 0 fully saturated rings. The highest BCUT2D eigenvalue weighted by Crippen LogP contribution is 2.25. The molecule has 3 N–H and O–H groups in total. The molecule has 5 nitrogen and oxygen atoms in total. The number of carbonyl (C=O) groups is 1. The fourth-order valence-corrected chi connectivity index (χ4v) is 2.68. The van der Waals surface area contributed by atoms with Gasteiger partial charge in [-0.3, -0.25) is 9.48 Å². The minimum Gasteiger partial charge on any atom is -0.351 e. The average Bonchev–Trinajstić information content (AvgIpc) is 3.03. The number of carbonyl (C=O) groups excluding carboxylic acids is 1. The van der Waals surface area contributed by atoms with Crippen molar-refractivity contribution in [3.8, 4) is 0 Å².